The molecule has 191 valence electrons. The van der Waals surface area contributed by atoms with Crippen molar-refractivity contribution in [2.24, 2.45) is 0 Å². The van der Waals surface area contributed by atoms with E-state index in [4.69, 9.17) is 4.43 Å². The molecule has 2 aromatic carbocycles. The Kier molecular flexibility index (Phi) is 8.31. The number of allylic oxidation sites excluding steroid dienone is 1. The smallest absolute Gasteiger partial charge is 0.255 e. The molecule has 0 spiro atoms. The number of hydrogen-bond donors (Lipinski definition) is 0. The fourth-order valence-corrected chi connectivity index (χ4v) is 19.3. The van der Waals surface area contributed by atoms with Crippen molar-refractivity contribution in [2.75, 3.05) is 0 Å². The molecule has 0 N–H and O–H groups in total. The van der Waals surface area contributed by atoms with Crippen LogP contribution in [0.25, 0.3) is 5.83 Å². The summed E-state index contributed by atoms with van der Waals surface area (Å²) in [5, 5.41) is 0. The molecule has 3 rings (SSSR count). The van der Waals surface area contributed by atoms with Crippen LogP contribution in [0.5, 0.6) is 5.75 Å². The minimum Gasteiger partial charge on any atom is -0.539 e. The van der Waals surface area contributed by atoms with Crippen molar-refractivity contribution in [3.8, 4) is 5.75 Å². The second kappa shape index (κ2) is 10.5. The number of rotatable bonds is 10. The van der Waals surface area contributed by atoms with E-state index >= 15 is 8.78 Å². The summed E-state index contributed by atoms with van der Waals surface area (Å²) in [6.45, 7) is 10.2. The summed E-state index contributed by atoms with van der Waals surface area (Å²) < 4.78 is 94.1. The van der Waals surface area contributed by atoms with Crippen LogP contribution < -0.4 is 4.43 Å². The molecule has 0 heterocycles. The molecule has 1 aliphatic carbocycles. The first-order valence-electron chi connectivity index (χ1n) is 12.0. The zero-order valence-electron chi connectivity index (χ0n) is 20.7. The normalized spacial score (nSPS) is 16.1. The first kappa shape index (κ1) is 27.6. The molecular formula is C26H31F6OSi2. The van der Waals surface area contributed by atoms with E-state index in [1.807, 2.05) is 44.2 Å². The molecule has 1 aliphatic rings. The van der Waals surface area contributed by atoms with Gasteiger partial charge in [-0.25, -0.2) is 22.0 Å². The van der Waals surface area contributed by atoms with Crippen molar-refractivity contribution in [3.63, 3.8) is 0 Å². The summed E-state index contributed by atoms with van der Waals surface area (Å²) in [7, 11) is -5.08. The summed E-state index contributed by atoms with van der Waals surface area (Å²) >= 11 is 0. The van der Waals surface area contributed by atoms with E-state index < -0.39 is 68.5 Å². The molecule has 0 aromatic heterocycles. The van der Waals surface area contributed by atoms with Crippen molar-refractivity contribution in [3.05, 3.63) is 76.5 Å². The van der Waals surface area contributed by atoms with Gasteiger partial charge in [-0.15, -0.1) is 0 Å². The van der Waals surface area contributed by atoms with E-state index in [-0.39, 0.29) is 5.54 Å². The van der Waals surface area contributed by atoms with E-state index in [2.05, 4.69) is 20.8 Å². The highest BCUT2D eigenvalue weighted by Gasteiger charge is 2.50. The quantitative estimate of drug-likeness (QED) is 0.169. The summed E-state index contributed by atoms with van der Waals surface area (Å²) in [5.74, 6) is -10.2. The van der Waals surface area contributed by atoms with Gasteiger partial charge in [0.25, 0.3) is 8.32 Å². The van der Waals surface area contributed by atoms with Gasteiger partial charge in [0, 0.05) is 6.04 Å². The number of halogens is 6. The van der Waals surface area contributed by atoms with Gasteiger partial charge in [0.2, 0.25) is 12.0 Å². The molecule has 0 bridgehead atoms. The largest absolute Gasteiger partial charge is 0.539 e. The molecule has 0 fully saturated rings. The Morgan fingerprint density at radius 2 is 1.31 bits per heavy atom. The van der Waals surface area contributed by atoms with E-state index in [1.54, 1.807) is 0 Å². The monoisotopic (exact) mass is 529 g/mol. The molecule has 1 nitrogen and oxygen atoms in total. The minimum atomic E-state index is -3.14. The molecule has 35 heavy (non-hydrogen) atoms. The van der Waals surface area contributed by atoms with Gasteiger partial charge >= 0.3 is 0 Å². The zero-order chi connectivity index (χ0) is 26.1. The molecule has 0 saturated carbocycles. The Morgan fingerprint density at radius 1 is 0.743 bits per heavy atom. The Hall–Kier alpha value is -2.01. The topological polar surface area (TPSA) is 9.23 Å². The lowest BCUT2D eigenvalue weighted by atomic mass is 10.1. The van der Waals surface area contributed by atoms with Gasteiger partial charge in [-0.1, -0.05) is 83.1 Å². The summed E-state index contributed by atoms with van der Waals surface area (Å²) in [5.41, 5.74) is -1.21. The molecule has 0 saturated heterocycles. The van der Waals surface area contributed by atoms with Crippen LogP contribution in [0.15, 0.2) is 36.2 Å². The van der Waals surface area contributed by atoms with Gasteiger partial charge in [0.05, 0.1) is 19.2 Å². The maximum atomic E-state index is 15.5. The van der Waals surface area contributed by atoms with E-state index in [1.165, 1.54) is 0 Å². The van der Waals surface area contributed by atoms with Crippen molar-refractivity contribution >= 4 is 22.2 Å². The molecule has 0 amide bonds. The summed E-state index contributed by atoms with van der Waals surface area (Å²) in [4.78, 5) is 0. The molecule has 1 unspecified atom stereocenters. The maximum absolute atomic E-state index is 15.5. The van der Waals surface area contributed by atoms with Crippen LogP contribution in [0.1, 0.15) is 51.3 Å². The second-order valence-corrected chi connectivity index (χ2v) is 20.1. The van der Waals surface area contributed by atoms with Crippen LogP contribution in [0, 0.1) is 23.6 Å². The van der Waals surface area contributed by atoms with Crippen molar-refractivity contribution < 1.29 is 30.8 Å². The average molecular weight is 530 g/mol. The Bertz CT molecular complexity index is 1090. The lowest BCUT2D eigenvalue weighted by Gasteiger charge is -2.42. The van der Waals surface area contributed by atoms with Gasteiger partial charge in [0.15, 0.2) is 29.0 Å². The van der Waals surface area contributed by atoms with Gasteiger partial charge < -0.3 is 4.43 Å². The highest BCUT2D eigenvalue weighted by molar-refractivity contribution is 6.95. The molecule has 2 aromatic rings. The minimum absolute atomic E-state index is 0.144. The van der Waals surface area contributed by atoms with Crippen molar-refractivity contribution in [1.82, 2.24) is 0 Å². The van der Waals surface area contributed by atoms with E-state index in [0.29, 0.717) is 11.7 Å². The Morgan fingerprint density at radius 3 is 1.83 bits per heavy atom. The van der Waals surface area contributed by atoms with E-state index in [9.17, 15) is 17.6 Å². The van der Waals surface area contributed by atoms with Gasteiger partial charge in [-0.2, -0.15) is 4.39 Å². The molecular weight excluding hydrogens is 498 g/mol. The third-order valence-electron chi connectivity index (χ3n) is 7.73. The van der Waals surface area contributed by atoms with Crippen LogP contribution >= 0.6 is 0 Å². The van der Waals surface area contributed by atoms with Crippen molar-refractivity contribution in [2.45, 2.75) is 70.0 Å². The van der Waals surface area contributed by atoms with E-state index in [0.717, 1.165) is 23.7 Å². The maximum Gasteiger partial charge on any atom is 0.255 e. The SMILES string of the molecule is CC[Si](CC)(CC)C[Si](Cc1ccccc1)(Oc1c(F)c(F)c2c(c1F)C(F)=C(F)[C]2F)C(C)C. The van der Waals surface area contributed by atoms with Crippen LogP contribution in [0.3, 0.4) is 0 Å². The molecule has 0 aliphatic heterocycles. The predicted molar refractivity (Wildman–Crippen MR) is 133 cm³/mol. The van der Waals surface area contributed by atoms with Crippen molar-refractivity contribution in [1.29, 1.82) is 0 Å². The Balaban J connectivity index is 2.23. The number of benzene rings is 2. The fraction of sp³-hybridized carbons (Fsp3) is 0.423. The third kappa shape index (κ3) is 4.86. The van der Waals surface area contributed by atoms with Crippen LogP contribution in [-0.2, 0) is 6.04 Å². The standard InChI is InChI=1S/C26H31F6OSi2/c1-6-34(7-2,8-3)15-35(16(4)5,14-17-12-10-9-11-13-17)33-26-23(30)19-18(22(29)25(26)32)20(27)24(31)21(19)28/h9-13,16H,6-8,14-15H2,1-5H3. The highest BCUT2D eigenvalue weighted by atomic mass is 28.4. The number of fused-ring (bicyclic) bond motifs is 1. The van der Waals surface area contributed by atoms with Gasteiger partial charge in [-0.05, 0) is 16.8 Å². The predicted octanol–water partition coefficient (Wildman–Crippen LogP) is 9.14. The fourth-order valence-electron chi connectivity index (χ4n) is 5.02. The molecule has 1 atom stereocenters. The summed E-state index contributed by atoms with van der Waals surface area (Å²) in [6.07, 6.45) is -1.95. The van der Waals surface area contributed by atoms with Crippen LogP contribution in [0.2, 0.25) is 29.3 Å². The second-order valence-electron chi connectivity index (χ2n) is 9.68. The van der Waals surface area contributed by atoms with Crippen LogP contribution in [-0.4, -0.2) is 16.4 Å². The van der Waals surface area contributed by atoms with Crippen LogP contribution in [0.4, 0.5) is 26.3 Å². The molecule has 9 heteroatoms. The van der Waals surface area contributed by atoms with Gasteiger partial charge in [0.1, 0.15) is 0 Å². The highest BCUT2D eigenvalue weighted by Crippen LogP contribution is 2.50. The lowest BCUT2D eigenvalue weighted by molar-refractivity contribution is 0.397. The first-order chi connectivity index (χ1) is 16.5. The summed E-state index contributed by atoms with van der Waals surface area (Å²) in [6, 6.07) is 12.6. The third-order valence-corrected chi connectivity index (χ3v) is 21.3. The average Bonchev–Trinajstić information content (AvgIpc) is 3.08. The zero-order valence-corrected chi connectivity index (χ0v) is 22.7. The van der Waals surface area contributed by atoms with Gasteiger partial charge in [-0.3, -0.25) is 0 Å². The first-order valence-corrected chi connectivity index (χ1v) is 17.2. The Labute approximate surface area is 205 Å². The number of hydrogen-bond acceptors (Lipinski definition) is 1. The molecule has 1 radical (unpaired) electrons. The lowest BCUT2D eigenvalue weighted by Crippen LogP contribution is -2.55.